The second-order valence-electron chi connectivity index (χ2n) is 7.19. The van der Waals surface area contributed by atoms with E-state index in [4.69, 9.17) is 4.52 Å². The highest BCUT2D eigenvalue weighted by Gasteiger charge is 2.17. The molecule has 5 rings (SSSR count). The fourth-order valence-electron chi connectivity index (χ4n) is 3.43. The number of aromatic nitrogens is 4. The van der Waals surface area contributed by atoms with Crippen LogP contribution in [0.3, 0.4) is 0 Å². The topological polar surface area (TPSA) is 96.7 Å². The normalized spacial score (nSPS) is 11.2. The number of aromatic amines is 1. The van der Waals surface area contributed by atoms with Crippen LogP contribution >= 0.6 is 23.1 Å². The van der Waals surface area contributed by atoms with E-state index in [1.165, 1.54) is 23.1 Å². The van der Waals surface area contributed by atoms with Gasteiger partial charge in [-0.25, -0.2) is 9.97 Å². The van der Waals surface area contributed by atoms with Crippen LogP contribution in [0.4, 0.5) is 5.13 Å². The van der Waals surface area contributed by atoms with Crippen LogP contribution in [0.5, 0.6) is 0 Å². The molecule has 0 atom stereocenters. The first-order valence-electron chi connectivity index (χ1n) is 9.93. The minimum absolute atomic E-state index is 0.237. The number of pyridine rings is 1. The van der Waals surface area contributed by atoms with E-state index in [9.17, 15) is 4.79 Å². The minimum Gasteiger partial charge on any atom is -0.361 e. The lowest BCUT2D eigenvalue weighted by Crippen LogP contribution is -2.13. The van der Waals surface area contributed by atoms with Gasteiger partial charge in [0.25, 0.3) is 5.91 Å². The Hall–Kier alpha value is -3.43. The summed E-state index contributed by atoms with van der Waals surface area (Å²) in [5.41, 5.74) is 5.26. The molecule has 2 N–H and O–H groups in total. The van der Waals surface area contributed by atoms with Crippen LogP contribution in [0, 0.1) is 13.8 Å². The molecule has 0 aliphatic heterocycles. The third kappa shape index (κ3) is 3.92. The zero-order valence-electron chi connectivity index (χ0n) is 17.4. The van der Waals surface area contributed by atoms with Gasteiger partial charge in [0.15, 0.2) is 5.13 Å². The van der Waals surface area contributed by atoms with Gasteiger partial charge in [0, 0.05) is 45.6 Å². The van der Waals surface area contributed by atoms with Crippen LogP contribution in [0.1, 0.15) is 27.4 Å². The Kier molecular flexibility index (Phi) is 5.50. The van der Waals surface area contributed by atoms with Gasteiger partial charge in [-0.1, -0.05) is 23.4 Å². The average Bonchev–Trinajstić information content (AvgIpc) is 3.52. The summed E-state index contributed by atoms with van der Waals surface area (Å²) in [4.78, 5) is 25.3. The number of anilines is 1. The first kappa shape index (κ1) is 20.5. The zero-order valence-corrected chi connectivity index (χ0v) is 19.0. The van der Waals surface area contributed by atoms with Crippen molar-refractivity contribution < 1.29 is 9.32 Å². The molecule has 0 radical (unpaired) electrons. The molecule has 0 aliphatic rings. The van der Waals surface area contributed by atoms with E-state index in [-0.39, 0.29) is 5.91 Å². The monoisotopic (exact) mass is 461 g/mol. The Bertz CT molecular complexity index is 1400. The molecule has 4 aromatic heterocycles. The van der Waals surface area contributed by atoms with E-state index in [0.717, 1.165) is 39.2 Å². The number of amides is 1. The molecule has 4 heterocycles. The lowest BCUT2D eigenvalue weighted by molar-refractivity contribution is 0.102. The molecule has 1 amide bonds. The molecule has 5 aromatic rings. The van der Waals surface area contributed by atoms with Crippen molar-refractivity contribution in [3.8, 4) is 11.3 Å². The summed E-state index contributed by atoms with van der Waals surface area (Å²) in [5, 5.41) is 11.1. The number of carbonyl (C=O) groups excluding carboxylic acids is 1. The Balaban J connectivity index is 1.34. The number of thioether (sulfide) groups is 1. The van der Waals surface area contributed by atoms with E-state index < -0.39 is 0 Å². The van der Waals surface area contributed by atoms with Crippen molar-refractivity contribution in [3.05, 3.63) is 76.8 Å². The number of para-hydroxylation sites is 1. The zero-order chi connectivity index (χ0) is 22.1. The number of hydrogen-bond donors (Lipinski definition) is 2. The summed E-state index contributed by atoms with van der Waals surface area (Å²) in [6.07, 6.45) is 3.63. The maximum atomic E-state index is 13.0. The molecule has 1 aromatic carbocycles. The minimum atomic E-state index is -0.237. The number of thiazole rings is 1. The van der Waals surface area contributed by atoms with Crippen molar-refractivity contribution in [3.63, 3.8) is 0 Å². The van der Waals surface area contributed by atoms with Gasteiger partial charge in [0.2, 0.25) is 0 Å². The van der Waals surface area contributed by atoms with Gasteiger partial charge in [-0.05, 0) is 32.0 Å². The molecule has 0 aliphatic carbocycles. The number of H-pyrrole nitrogens is 1. The van der Waals surface area contributed by atoms with Crippen LogP contribution in [-0.4, -0.2) is 26.0 Å². The molecule has 0 bridgehead atoms. The lowest BCUT2D eigenvalue weighted by atomic mass is 10.1. The third-order valence-corrected chi connectivity index (χ3v) is 6.93. The highest BCUT2D eigenvalue weighted by molar-refractivity contribution is 7.98. The van der Waals surface area contributed by atoms with Gasteiger partial charge in [-0.15, -0.1) is 23.1 Å². The van der Waals surface area contributed by atoms with Crippen LogP contribution in [0.2, 0.25) is 0 Å². The Morgan fingerprint density at radius 1 is 1.22 bits per heavy atom. The van der Waals surface area contributed by atoms with Gasteiger partial charge in [-0.3, -0.25) is 10.1 Å². The fraction of sp³-hybridized carbons (Fsp3) is 0.130. The highest BCUT2D eigenvalue weighted by atomic mass is 32.2. The largest absolute Gasteiger partial charge is 0.361 e. The van der Waals surface area contributed by atoms with Crippen LogP contribution in [-0.2, 0) is 5.75 Å². The summed E-state index contributed by atoms with van der Waals surface area (Å²) in [7, 11) is 0. The van der Waals surface area contributed by atoms with Crippen LogP contribution < -0.4 is 5.32 Å². The van der Waals surface area contributed by atoms with Gasteiger partial charge in [0.05, 0.1) is 17.0 Å². The first-order valence-corrected chi connectivity index (χ1v) is 11.8. The molecule has 0 unspecified atom stereocenters. The SMILES string of the molecule is Cc1noc(C)c1CSc1ncccc1C(=O)Nc1nc(-c2c[nH]c3ccccc23)cs1. The number of nitrogens with zero attached hydrogens (tertiary/aromatic N) is 3. The molecular formula is C23H19N5O2S2. The van der Waals surface area contributed by atoms with Crippen molar-refractivity contribution in [1.29, 1.82) is 0 Å². The molecule has 0 fully saturated rings. The Labute approximate surface area is 192 Å². The molecule has 160 valence electrons. The van der Waals surface area contributed by atoms with Crippen molar-refractivity contribution >= 4 is 45.0 Å². The molecule has 0 saturated heterocycles. The maximum Gasteiger partial charge on any atom is 0.260 e. The van der Waals surface area contributed by atoms with E-state index in [1.54, 1.807) is 18.3 Å². The number of hydrogen-bond acceptors (Lipinski definition) is 7. The first-order chi connectivity index (χ1) is 15.6. The summed E-state index contributed by atoms with van der Waals surface area (Å²) in [6, 6.07) is 11.6. The number of fused-ring (bicyclic) bond motifs is 1. The standard InChI is InChI=1S/C23H19N5O2S2/c1-13-18(14(2)30-28-13)11-31-22-16(7-5-9-24-22)21(29)27-23-26-20(12-32-23)17-10-25-19-8-4-3-6-15(17)19/h3-10,12,25H,11H2,1-2H3,(H,26,27,29). The maximum absolute atomic E-state index is 13.0. The van der Waals surface area contributed by atoms with E-state index in [2.05, 4.69) is 31.5 Å². The third-order valence-electron chi connectivity index (χ3n) is 5.14. The van der Waals surface area contributed by atoms with Gasteiger partial charge < -0.3 is 9.51 Å². The number of benzene rings is 1. The molecule has 9 heteroatoms. The lowest BCUT2D eigenvalue weighted by Gasteiger charge is -2.07. The average molecular weight is 462 g/mol. The molecule has 32 heavy (non-hydrogen) atoms. The molecule has 0 saturated carbocycles. The number of aryl methyl sites for hydroxylation is 2. The fourth-order valence-corrected chi connectivity index (χ4v) is 5.28. The number of nitrogens with one attached hydrogen (secondary N) is 2. The Morgan fingerprint density at radius 2 is 2.09 bits per heavy atom. The summed E-state index contributed by atoms with van der Waals surface area (Å²) < 4.78 is 5.23. The molecule has 0 spiro atoms. The number of carbonyl (C=O) groups is 1. The van der Waals surface area contributed by atoms with Crippen LogP contribution in [0.15, 0.2) is 63.7 Å². The van der Waals surface area contributed by atoms with E-state index >= 15 is 0 Å². The van der Waals surface area contributed by atoms with E-state index in [1.807, 2.05) is 43.6 Å². The van der Waals surface area contributed by atoms with Gasteiger partial charge >= 0.3 is 0 Å². The summed E-state index contributed by atoms with van der Waals surface area (Å²) in [6.45, 7) is 3.79. The highest BCUT2D eigenvalue weighted by Crippen LogP contribution is 2.32. The molecule has 7 nitrogen and oxygen atoms in total. The number of rotatable bonds is 6. The Morgan fingerprint density at radius 3 is 2.94 bits per heavy atom. The quantitative estimate of drug-likeness (QED) is 0.309. The van der Waals surface area contributed by atoms with Gasteiger partial charge in [-0.2, -0.15) is 0 Å². The smallest absolute Gasteiger partial charge is 0.260 e. The summed E-state index contributed by atoms with van der Waals surface area (Å²) in [5.74, 6) is 1.17. The second kappa shape index (κ2) is 8.60. The van der Waals surface area contributed by atoms with Gasteiger partial charge in [0.1, 0.15) is 10.8 Å². The van der Waals surface area contributed by atoms with Crippen molar-refractivity contribution in [2.24, 2.45) is 0 Å². The second-order valence-corrected chi connectivity index (χ2v) is 9.01. The molecular weight excluding hydrogens is 442 g/mol. The van der Waals surface area contributed by atoms with Crippen molar-refractivity contribution in [1.82, 2.24) is 20.1 Å². The predicted molar refractivity (Wildman–Crippen MR) is 127 cm³/mol. The van der Waals surface area contributed by atoms with E-state index in [0.29, 0.717) is 21.5 Å². The van der Waals surface area contributed by atoms with Crippen molar-refractivity contribution in [2.45, 2.75) is 24.6 Å². The predicted octanol–water partition coefficient (Wildman–Crippen LogP) is 5.84. The van der Waals surface area contributed by atoms with Crippen molar-refractivity contribution in [2.75, 3.05) is 5.32 Å². The summed E-state index contributed by atoms with van der Waals surface area (Å²) >= 11 is 2.88. The van der Waals surface area contributed by atoms with Crippen LogP contribution in [0.25, 0.3) is 22.2 Å².